The summed E-state index contributed by atoms with van der Waals surface area (Å²) in [7, 11) is 0. The highest BCUT2D eigenvalue weighted by atomic mass is 19.1. The zero-order valence-electron chi connectivity index (χ0n) is 15.2. The van der Waals surface area contributed by atoms with E-state index in [2.05, 4.69) is 5.32 Å². The predicted octanol–water partition coefficient (Wildman–Crippen LogP) is 2.99. The van der Waals surface area contributed by atoms with Gasteiger partial charge in [-0.25, -0.2) is 9.18 Å². The van der Waals surface area contributed by atoms with Crippen LogP contribution in [0.25, 0.3) is 0 Å². The fourth-order valence-electron chi connectivity index (χ4n) is 2.43. The van der Waals surface area contributed by atoms with Crippen molar-refractivity contribution < 1.29 is 23.5 Å². The van der Waals surface area contributed by atoms with E-state index < -0.39 is 12.6 Å². The van der Waals surface area contributed by atoms with Crippen molar-refractivity contribution in [1.82, 2.24) is 4.90 Å². The second-order valence-corrected chi connectivity index (χ2v) is 5.87. The minimum Gasteiger partial charge on any atom is -0.452 e. The van der Waals surface area contributed by atoms with Crippen molar-refractivity contribution in [3.05, 3.63) is 65.5 Å². The van der Waals surface area contributed by atoms with Crippen molar-refractivity contribution in [1.29, 1.82) is 0 Å². The Morgan fingerprint density at radius 1 is 1.11 bits per heavy atom. The van der Waals surface area contributed by atoms with E-state index in [1.165, 1.54) is 36.1 Å². The number of nitrogens with one attached hydrogen (secondary N) is 1. The lowest BCUT2D eigenvalue weighted by molar-refractivity contribution is -0.135. The first-order chi connectivity index (χ1) is 12.9. The number of hydrogen-bond donors (Lipinski definition) is 1. The van der Waals surface area contributed by atoms with Gasteiger partial charge in [0.25, 0.3) is 5.91 Å². The topological polar surface area (TPSA) is 75.7 Å². The van der Waals surface area contributed by atoms with Gasteiger partial charge in [-0.05, 0) is 48.9 Å². The molecule has 0 aliphatic carbocycles. The Bertz CT molecular complexity index is 821. The molecule has 0 atom stereocenters. The number of carbonyl (C=O) groups excluding carboxylic acids is 3. The summed E-state index contributed by atoms with van der Waals surface area (Å²) in [6, 6.07) is 12.1. The number of likely N-dealkylation sites (N-methyl/N-ethyl adjacent to an activating group) is 1. The van der Waals surface area contributed by atoms with Crippen LogP contribution in [0.2, 0.25) is 0 Å². The van der Waals surface area contributed by atoms with Crippen LogP contribution in [0.3, 0.4) is 0 Å². The minimum absolute atomic E-state index is 0.214. The lowest BCUT2D eigenvalue weighted by Crippen LogP contribution is -2.34. The summed E-state index contributed by atoms with van der Waals surface area (Å²) in [5, 5.41) is 2.59. The molecule has 27 heavy (non-hydrogen) atoms. The van der Waals surface area contributed by atoms with Gasteiger partial charge in [0, 0.05) is 25.7 Å². The van der Waals surface area contributed by atoms with Crippen molar-refractivity contribution in [3.8, 4) is 0 Å². The number of nitrogens with zero attached hydrogens (tertiary/aromatic N) is 1. The van der Waals surface area contributed by atoms with Crippen LogP contribution >= 0.6 is 0 Å². The maximum absolute atomic E-state index is 13.3. The molecule has 2 aromatic carbocycles. The number of amides is 2. The molecule has 142 valence electrons. The number of rotatable bonds is 7. The SMILES string of the molecule is CCN(Cc1cccc(F)c1)C(=O)COC(=O)c1ccc(NC(C)=O)cc1. The van der Waals surface area contributed by atoms with E-state index in [-0.39, 0.29) is 29.7 Å². The van der Waals surface area contributed by atoms with Crippen LogP contribution in [0.15, 0.2) is 48.5 Å². The zero-order valence-corrected chi connectivity index (χ0v) is 15.2. The number of carbonyl (C=O) groups is 3. The Morgan fingerprint density at radius 2 is 1.81 bits per heavy atom. The van der Waals surface area contributed by atoms with E-state index in [1.54, 1.807) is 31.2 Å². The first-order valence-corrected chi connectivity index (χ1v) is 8.46. The Morgan fingerprint density at radius 3 is 2.41 bits per heavy atom. The lowest BCUT2D eigenvalue weighted by Gasteiger charge is -2.21. The van der Waals surface area contributed by atoms with Gasteiger partial charge in [-0.3, -0.25) is 9.59 Å². The third kappa shape index (κ3) is 6.22. The molecule has 0 aromatic heterocycles. The molecule has 0 heterocycles. The Labute approximate surface area is 156 Å². The first-order valence-electron chi connectivity index (χ1n) is 8.46. The van der Waals surface area contributed by atoms with E-state index in [4.69, 9.17) is 4.74 Å². The van der Waals surface area contributed by atoms with E-state index >= 15 is 0 Å². The third-order valence-corrected chi connectivity index (χ3v) is 3.76. The van der Waals surface area contributed by atoms with Crippen LogP contribution in [-0.4, -0.2) is 35.8 Å². The van der Waals surface area contributed by atoms with Crippen molar-refractivity contribution in [2.24, 2.45) is 0 Å². The van der Waals surface area contributed by atoms with Crippen LogP contribution in [0.1, 0.15) is 29.8 Å². The van der Waals surface area contributed by atoms with E-state index in [0.717, 1.165) is 0 Å². The molecule has 0 saturated carbocycles. The molecular formula is C20H21FN2O4. The highest BCUT2D eigenvalue weighted by Gasteiger charge is 2.16. The van der Waals surface area contributed by atoms with Crippen LogP contribution < -0.4 is 5.32 Å². The van der Waals surface area contributed by atoms with E-state index in [0.29, 0.717) is 17.8 Å². The molecule has 0 aliphatic rings. The van der Waals surface area contributed by atoms with Crippen LogP contribution in [0.5, 0.6) is 0 Å². The fourth-order valence-corrected chi connectivity index (χ4v) is 2.43. The summed E-state index contributed by atoms with van der Waals surface area (Å²) in [6.45, 7) is 3.40. The van der Waals surface area contributed by atoms with Crippen molar-refractivity contribution in [2.45, 2.75) is 20.4 Å². The normalized spacial score (nSPS) is 10.2. The molecule has 7 heteroatoms. The number of ether oxygens (including phenoxy) is 1. The predicted molar refractivity (Wildman–Crippen MR) is 98.5 cm³/mol. The maximum atomic E-state index is 13.3. The summed E-state index contributed by atoms with van der Waals surface area (Å²) < 4.78 is 18.3. The maximum Gasteiger partial charge on any atom is 0.338 e. The molecule has 1 N–H and O–H groups in total. The highest BCUT2D eigenvalue weighted by Crippen LogP contribution is 2.11. The molecule has 0 bridgehead atoms. The molecule has 2 amide bonds. The summed E-state index contributed by atoms with van der Waals surface area (Å²) >= 11 is 0. The highest BCUT2D eigenvalue weighted by molar-refractivity contribution is 5.93. The van der Waals surface area contributed by atoms with Gasteiger partial charge in [-0.15, -0.1) is 0 Å². The van der Waals surface area contributed by atoms with Gasteiger partial charge in [0.15, 0.2) is 6.61 Å². The number of halogens is 1. The molecule has 0 unspecified atom stereocenters. The average molecular weight is 372 g/mol. The quantitative estimate of drug-likeness (QED) is 0.758. The van der Waals surface area contributed by atoms with E-state index in [1.807, 2.05) is 0 Å². The summed E-state index contributed by atoms with van der Waals surface area (Å²) in [5.41, 5.74) is 1.48. The molecule has 0 spiro atoms. The second-order valence-electron chi connectivity index (χ2n) is 5.87. The van der Waals surface area contributed by atoms with Gasteiger partial charge < -0.3 is 15.0 Å². The van der Waals surface area contributed by atoms with Crippen LogP contribution in [-0.2, 0) is 20.9 Å². The molecule has 0 saturated heterocycles. The lowest BCUT2D eigenvalue weighted by atomic mass is 10.2. The smallest absolute Gasteiger partial charge is 0.338 e. The molecule has 2 aromatic rings. The fraction of sp³-hybridized carbons (Fsp3) is 0.250. The Kier molecular flexibility index (Phi) is 7.05. The molecule has 0 aliphatic heterocycles. The van der Waals surface area contributed by atoms with E-state index in [9.17, 15) is 18.8 Å². The summed E-state index contributed by atoms with van der Waals surface area (Å²) in [4.78, 5) is 36.8. The van der Waals surface area contributed by atoms with Crippen LogP contribution in [0.4, 0.5) is 10.1 Å². The number of benzene rings is 2. The number of esters is 1. The third-order valence-electron chi connectivity index (χ3n) is 3.76. The van der Waals surface area contributed by atoms with Gasteiger partial charge in [0.2, 0.25) is 5.91 Å². The molecular weight excluding hydrogens is 351 g/mol. The first kappa shape index (κ1) is 20.1. The monoisotopic (exact) mass is 372 g/mol. The average Bonchev–Trinajstić information content (AvgIpc) is 2.64. The summed E-state index contributed by atoms with van der Waals surface area (Å²) in [5.74, 6) is -1.59. The van der Waals surface area contributed by atoms with Gasteiger partial charge in [-0.1, -0.05) is 12.1 Å². The van der Waals surface area contributed by atoms with Gasteiger partial charge >= 0.3 is 5.97 Å². The van der Waals surface area contributed by atoms with Gasteiger partial charge in [0.05, 0.1) is 5.56 Å². The second kappa shape index (κ2) is 9.47. The largest absolute Gasteiger partial charge is 0.452 e. The summed E-state index contributed by atoms with van der Waals surface area (Å²) in [6.07, 6.45) is 0. The number of hydrogen-bond acceptors (Lipinski definition) is 4. The molecule has 6 nitrogen and oxygen atoms in total. The number of anilines is 1. The van der Waals surface area contributed by atoms with Crippen molar-refractivity contribution in [3.63, 3.8) is 0 Å². The van der Waals surface area contributed by atoms with Gasteiger partial charge in [-0.2, -0.15) is 0 Å². The van der Waals surface area contributed by atoms with Gasteiger partial charge in [0.1, 0.15) is 5.82 Å². The molecule has 0 fully saturated rings. The van der Waals surface area contributed by atoms with Crippen molar-refractivity contribution in [2.75, 3.05) is 18.5 Å². The Hall–Kier alpha value is -3.22. The minimum atomic E-state index is -0.639. The standard InChI is InChI=1S/C20H21FN2O4/c1-3-23(12-15-5-4-6-17(21)11-15)19(25)13-27-20(26)16-7-9-18(10-8-16)22-14(2)24/h4-11H,3,12-13H2,1-2H3,(H,22,24). The van der Waals surface area contributed by atoms with Crippen LogP contribution in [0, 0.1) is 5.82 Å². The zero-order chi connectivity index (χ0) is 19.8. The molecule has 2 rings (SSSR count). The molecule has 0 radical (unpaired) electrons. The Balaban J connectivity index is 1.90. The van der Waals surface area contributed by atoms with Crippen molar-refractivity contribution >= 4 is 23.5 Å².